The summed E-state index contributed by atoms with van der Waals surface area (Å²) in [5.74, 6) is 0. The van der Waals surface area contributed by atoms with Crippen LogP contribution in [0.1, 0.15) is 49.4 Å². The Hall–Kier alpha value is -3.19. The molecule has 0 saturated heterocycles. The van der Waals surface area contributed by atoms with E-state index >= 15 is 0 Å². The fourth-order valence-corrected chi connectivity index (χ4v) is 4.23. The van der Waals surface area contributed by atoms with Gasteiger partial charge in [0, 0.05) is 17.3 Å². The highest BCUT2D eigenvalue weighted by Gasteiger charge is 2.34. The molecule has 0 aliphatic heterocycles. The van der Waals surface area contributed by atoms with Crippen LogP contribution in [0.3, 0.4) is 0 Å². The van der Waals surface area contributed by atoms with Gasteiger partial charge in [-0.05, 0) is 57.5 Å². The monoisotopic (exact) mass is 377 g/mol. The summed E-state index contributed by atoms with van der Waals surface area (Å²) in [4.78, 5) is 4.68. The minimum absolute atomic E-state index is 0.0393. The lowest BCUT2D eigenvalue weighted by atomic mass is 9.82. The number of aliphatic imine (C=N–C) groups is 1. The molecule has 0 N–H and O–H groups in total. The molecule has 0 unspecified atom stereocenters. The lowest BCUT2D eigenvalue weighted by Crippen LogP contribution is -2.14. The van der Waals surface area contributed by atoms with Crippen LogP contribution < -0.4 is 0 Å². The first-order valence-corrected chi connectivity index (χ1v) is 10.2. The van der Waals surface area contributed by atoms with Gasteiger partial charge in [0.2, 0.25) is 0 Å². The van der Waals surface area contributed by atoms with E-state index in [0.29, 0.717) is 0 Å². The van der Waals surface area contributed by atoms with Gasteiger partial charge in [0.05, 0.1) is 0 Å². The first-order chi connectivity index (χ1) is 14.0. The Kier molecular flexibility index (Phi) is 5.07. The van der Waals surface area contributed by atoms with Crippen LogP contribution in [0.15, 0.2) is 96.6 Å². The second kappa shape index (κ2) is 7.67. The van der Waals surface area contributed by atoms with E-state index in [9.17, 15) is 0 Å². The van der Waals surface area contributed by atoms with Crippen molar-refractivity contribution in [1.82, 2.24) is 0 Å². The predicted molar refractivity (Wildman–Crippen MR) is 125 cm³/mol. The fraction of sp³-hybridized carbons (Fsp3) is 0.179. The molecule has 0 spiro atoms. The smallest absolute Gasteiger partial charge is 0.0473 e. The normalized spacial score (nSPS) is 14.7. The molecule has 4 rings (SSSR count). The van der Waals surface area contributed by atoms with Crippen LogP contribution in [-0.2, 0) is 5.41 Å². The summed E-state index contributed by atoms with van der Waals surface area (Å²) in [6.07, 6.45) is 4.77. The van der Waals surface area contributed by atoms with Crippen molar-refractivity contribution in [3.8, 4) is 11.1 Å². The summed E-state index contributed by atoms with van der Waals surface area (Å²) in [6.45, 7) is 11.0. The Morgan fingerprint density at radius 1 is 0.862 bits per heavy atom. The van der Waals surface area contributed by atoms with Crippen molar-refractivity contribution >= 4 is 11.3 Å². The molecular formula is C28H27N. The molecule has 0 bridgehead atoms. The maximum absolute atomic E-state index is 4.68. The SMILES string of the molecule is C=C(/C=C\N=C(CC)c1ccccc1)c1ccc2c(c1)-c1ccccc1C2(C)C. The molecule has 0 saturated carbocycles. The van der Waals surface area contributed by atoms with Gasteiger partial charge in [0.1, 0.15) is 0 Å². The van der Waals surface area contributed by atoms with Gasteiger partial charge in [-0.2, -0.15) is 0 Å². The van der Waals surface area contributed by atoms with E-state index in [1.807, 2.05) is 30.5 Å². The third-order valence-electron chi connectivity index (χ3n) is 5.90. The molecule has 0 aromatic heterocycles. The van der Waals surface area contributed by atoms with Crippen LogP contribution in [0.4, 0.5) is 0 Å². The van der Waals surface area contributed by atoms with Crippen molar-refractivity contribution in [3.05, 3.63) is 114 Å². The number of hydrogen-bond acceptors (Lipinski definition) is 1. The summed E-state index contributed by atoms with van der Waals surface area (Å²) in [5, 5.41) is 0. The minimum atomic E-state index is 0.0393. The highest BCUT2D eigenvalue weighted by atomic mass is 14.7. The van der Waals surface area contributed by atoms with Gasteiger partial charge in [-0.15, -0.1) is 0 Å². The maximum atomic E-state index is 4.68. The highest BCUT2D eigenvalue weighted by molar-refractivity contribution is 6.00. The fourth-order valence-electron chi connectivity index (χ4n) is 4.23. The Morgan fingerprint density at radius 2 is 1.55 bits per heavy atom. The van der Waals surface area contributed by atoms with Crippen LogP contribution in [0.5, 0.6) is 0 Å². The van der Waals surface area contributed by atoms with Crippen molar-refractivity contribution in [1.29, 1.82) is 0 Å². The molecule has 1 nitrogen and oxygen atoms in total. The Labute approximate surface area is 174 Å². The number of fused-ring (bicyclic) bond motifs is 3. The molecule has 0 atom stereocenters. The van der Waals surface area contributed by atoms with E-state index in [2.05, 4.69) is 86.9 Å². The molecular weight excluding hydrogens is 350 g/mol. The van der Waals surface area contributed by atoms with Gasteiger partial charge < -0.3 is 0 Å². The van der Waals surface area contributed by atoms with E-state index in [4.69, 9.17) is 0 Å². The molecule has 1 heteroatoms. The highest BCUT2D eigenvalue weighted by Crippen LogP contribution is 2.48. The Balaban J connectivity index is 1.62. The third-order valence-corrected chi connectivity index (χ3v) is 5.90. The topological polar surface area (TPSA) is 12.4 Å². The second-order valence-electron chi connectivity index (χ2n) is 8.07. The standard InChI is InChI=1S/C28H27N/c1-5-27(21-11-7-6-8-12-21)29-18-17-20(2)22-15-16-26-24(19-22)23-13-9-10-14-25(23)28(26,3)4/h6-19H,2,5H2,1,3-4H3/b18-17-,29-27?. The lowest BCUT2D eigenvalue weighted by Gasteiger charge is -2.21. The summed E-state index contributed by atoms with van der Waals surface area (Å²) in [5.41, 5.74) is 9.84. The van der Waals surface area contributed by atoms with Crippen LogP contribution in [0, 0.1) is 0 Å². The maximum Gasteiger partial charge on any atom is 0.0473 e. The number of hydrogen-bond donors (Lipinski definition) is 0. The number of benzene rings is 3. The van der Waals surface area contributed by atoms with E-state index < -0.39 is 0 Å². The minimum Gasteiger partial charge on any atom is -0.261 e. The average Bonchev–Trinajstić information content (AvgIpc) is 2.99. The van der Waals surface area contributed by atoms with Crippen LogP contribution >= 0.6 is 0 Å². The molecule has 0 amide bonds. The first kappa shape index (κ1) is 19.1. The molecule has 0 heterocycles. The predicted octanol–water partition coefficient (Wildman–Crippen LogP) is 7.42. The van der Waals surface area contributed by atoms with Gasteiger partial charge in [-0.3, -0.25) is 4.99 Å². The van der Waals surface area contributed by atoms with E-state index in [1.54, 1.807) is 0 Å². The summed E-state index contributed by atoms with van der Waals surface area (Å²) >= 11 is 0. The number of nitrogens with zero attached hydrogens (tertiary/aromatic N) is 1. The van der Waals surface area contributed by atoms with Gasteiger partial charge in [-0.25, -0.2) is 0 Å². The largest absolute Gasteiger partial charge is 0.261 e. The molecule has 3 aromatic carbocycles. The van der Waals surface area contributed by atoms with E-state index in [-0.39, 0.29) is 5.41 Å². The van der Waals surface area contributed by atoms with Gasteiger partial charge >= 0.3 is 0 Å². The molecule has 144 valence electrons. The van der Waals surface area contributed by atoms with Crippen molar-refractivity contribution in [2.45, 2.75) is 32.6 Å². The first-order valence-electron chi connectivity index (χ1n) is 10.2. The average molecular weight is 378 g/mol. The van der Waals surface area contributed by atoms with Crippen molar-refractivity contribution in [2.75, 3.05) is 0 Å². The van der Waals surface area contributed by atoms with Gasteiger partial charge in [0.25, 0.3) is 0 Å². The van der Waals surface area contributed by atoms with Gasteiger partial charge in [0.15, 0.2) is 0 Å². The zero-order valence-electron chi connectivity index (χ0n) is 17.4. The zero-order valence-corrected chi connectivity index (χ0v) is 17.4. The summed E-state index contributed by atoms with van der Waals surface area (Å²) in [6, 6.07) is 25.8. The van der Waals surface area contributed by atoms with Crippen molar-refractivity contribution < 1.29 is 0 Å². The Bertz CT molecular complexity index is 1110. The second-order valence-corrected chi connectivity index (χ2v) is 8.07. The molecule has 1 aliphatic rings. The molecule has 29 heavy (non-hydrogen) atoms. The lowest BCUT2D eigenvalue weighted by molar-refractivity contribution is 0.660. The molecule has 0 radical (unpaired) electrons. The van der Waals surface area contributed by atoms with Gasteiger partial charge in [-0.1, -0.05) is 94.1 Å². The zero-order chi connectivity index (χ0) is 20.4. The number of allylic oxidation sites excluding steroid dienone is 2. The van der Waals surface area contributed by atoms with Crippen molar-refractivity contribution in [2.24, 2.45) is 4.99 Å². The summed E-state index contributed by atoms with van der Waals surface area (Å²) in [7, 11) is 0. The molecule has 3 aromatic rings. The molecule has 0 fully saturated rings. The van der Waals surface area contributed by atoms with Crippen LogP contribution in [-0.4, -0.2) is 5.71 Å². The molecule has 1 aliphatic carbocycles. The van der Waals surface area contributed by atoms with Crippen LogP contribution in [0.2, 0.25) is 0 Å². The van der Waals surface area contributed by atoms with E-state index in [0.717, 1.165) is 23.3 Å². The summed E-state index contributed by atoms with van der Waals surface area (Å²) < 4.78 is 0. The van der Waals surface area contributed by atoms with E-state index in [1.165, 1.54) is 27.8 Å². The third kappa shape index (κ3) is 3.49. The van der Waals surface area contributed by atoms with Crippen LogP contribution in [0.25, 0.3) is 16.7 Å². The Morgan fingerprint density at radius 3 is 2.31 bits per heavy atom. The quantitative estimate of drug-likeness (QED) is 0.324. The number of rotatable bonds is 5. The van der Waals surface area contributed by atoms with Crippen molar-refractivity contribution in [3.63, 3.8) is 0 Å².